The summed E-state index contributed by atoms with van der Waals surface area (Å²) in [5, 5.41) is 17.6. The van der Waals surface area contributed by atoms with E-state index in [2.05, 4.69) is 24.4 Å². The highest BCUT2D eigenvalue weighted by Crippen LogP contribution is 2.38. The SMILES string of the molecule is Nc1ncnc2c1c(C(F)(F)F)nn2[C@H]1C[C@H](O)[C@@H](COS(N)(=O)=O)O1. The van der Waals surface area contributed by atoms with Crippen LogP contribution >= 0.6 is 0 Å². The monoisotopic (exact) mass is 398 g/mol. The second kappa shape index (κ2) is 6.27. The lowest BCUT2D eigenvalue weighted by molar-refractivity contribution is -0.141. The van der Waals surface area contributed by atoms with Crippen molar-refractivity contribution in [3.8, 4) is 0 Å². The van der Waals surface area contributed by atoms with Gasteiger partial charge in [0.25, 0.3) is 0 Å². The van der Waals surface area contributed by atoms with Crippen LogP contribution in [0, 0.1) is 0 Å². The van der Waals surface area contributed by atoms with Gasteiger partial charge in [-0.1, -0.05) is 0 Å². The third-order valence-corrected chi connectivity index (χ3v) is 4.12. The molecule has 2 aromatic rings. The summed E-state index contributed by atoms with van der Waals surface area (Å²) in [5.41, 5.74) is 3.98. The Morgan fingerprint density at radius 1 is 1.42 bits per heavy atom. The van der Waals surface area contributed by atoms with E-state index in [1.807, 2.05) is 0 Å². The fourth-order valence-electron chi connectivity index (χ4n) is 2.57. The number of hydrogen-bond acceptors (Lipinski definition) is 9. The van der Waals surface area contributed by atoms with E-state index >= 15 is 0 Å². The van der Waals surface area contributed by atoms with Crippen LogP contribution in [0.15, 0.2) is 6.33 Å². The minimum atomic E-state index is -4.82. The summed E-state index contributed by atoms with van der Waals surface area (Å²) in [4.78, 5) is 7.29. The molecule has 3 rings (SSSR count). The van der Waals surface area contributed by atoms with Crippen molar-refractivity contribution in [2.45, 2.75) is 31.0 Å². The minimum Gasteiger partial charge on any atom is -0.390 e. The van der Waals surface area contributed by atoms with Crippen molar-refractivity contribution in [2.75, 3.05) is 12.3 Å². The Hall–Kier alpha value is -2.07. The van der Waals surface area contributed by atoms with E-state index in [1.54, 1.807) is 0 Å². The predicted molar refractivity (Wildman–Crippen MR) is 78.3 cm³/mol. The summed E-state index contributed by atoms with van der Waals surface area (Å²) in [6.07, 6.45) is -7.58. The Morgan fingerprint density at radius 2 is 2.12 bits per heavy atom. The van der Waals surface area contributed by atoms with Gasteiger partial charge in [0, 0.05) is 6.42 Å². The van der Waals surface area contributed by atoms with Crippen molar-refractivity contribution >= 4 is 27.2 Å². The van der Waals surface area contributed by atoms with Crippen LogP contribution in [0.5, 0.6) is 0 Å². The molecule has 1 fully saturated rings. The molecule has 0 aromatic carbocycles. The summed E-state index contributed by atoms with van der Waals surface area (Å²) in [6, 6.07) is 0. The normalized spacial score (nSPS) is 24.4. The number of ether oxygens (including phenoxy) is 1. The van der Waals surface area contributed by atoms with Crippen molar-refractivity contribution in [2.24, 2.45) is 5.14 Å². The van der Waals surface area contributed by atoms with Crippen LogP contribution in [-0.4, -0.2) is 52.1 Å². The molecule has 0 amide bonds. The van der Waals surface area contributed by atoms with Crippen molar-refractivity contribution in [3.05, 3.63) is 12.0 Å². The average Bonchev–Trinajstić information content (AvgIpc) is 3.05. The molecule has 0 saturated carbocycles. The quantitative estimate of drug-likeness (QED) is 0.602. The molecule has 0 unspecified atom stereocenters. The minimum absolute atomic E-state index is 0.184. The Labute approximate surface area is 144 Å². The molecular weight excluding hydrogens is 385 g/mol. The molecule has 5 N–H and O–H groups in total. The van der Waals surface area contributed by atoms with E-state index in [0.717, 1.165) is 11.0 Å². The number of alkyl halides is 3. The van der Waals surface area contributed by atoms with Gasteiger partial charge in [-0.25, -0.2) is 19.8 Å². The summed E-state index contributed by atoms with van der Waals surface area (Å²) >= 11 is 0. The zero-order chi connectivity index (χ0) is 19.3. The van der Waals surface area contributed by atoms with Crippen molar-refractivity contribution in [3.63, 3.8) is 0 Å². The van der Waals surface area contributed by atoms with Gasteiger partial charge in [0.05, 0.1) is 18.1 Å². The number of nitrogen functional groups attached to an aromatic ring is 1. The molecule has 0 aliphatic carbocycles. The molecule has 0 bridgehead atoms. The fraction of sp³-hybridized carbons (Fsp3) is 0.545. The maximum atomic E-state index is 13.2. The van der Waals surface area contributed by atoms with Gasteiger partial charge in [0.15, 0.2) is 17.6 Å². The van der Waals surface area contributed by atoms with Crippen LogP contribution in [0.3, 0.4) is 0 Å². The zero-order valence-corrected chi connectivity index (χ0v) is 13.6. The summed E-state index contributed by atoms with van der Waals surface area (Å²) in [5.74, 6) is -0.416. The van der Waals surface area contributed by atoms with E-state index in [0.29, 0.717) is 0 Å². The molecule has 11 nitrogen and oxygen atoms in total. The van der Waals surface area contributed by atoms with Crippen molar-refractivity contribution < 1.29 is 35.6 Å². The molecule has 0 spiro atoms. The number of aliphatic hydroxyl groups is 1. The first-order valence-corrected chi connectivity index (χ1v) is 8.51. The molecule has 1 aliphatic rings. The van der Waals surface area contributed by atoms with Gasteiger partial charge in [0.2, 0.25) is 0 Å². The highest BCUT2D eigenvalue weighted by atomic mass is 32.2. The number of hydrogen-bond donors (Lipinski definition) is 3. The van der Waals surface area contributed by atoms with Crippen molar-refractivity contribution in [1.29, 1.82) is 0 Å². The number of nitrogens with zero attached hydrogens (tertiary/aromatic N) is 4. The van der Waals surface area contributed by atoms with Gasteiger partial charge in [-0.05, 0) is 0 Å². The first-order valence-electron chi connectivity index (χ1n) is 7.04. The molecule has 3 atom stereocenters. The highest BCUT2D eigenvalue weighted by molar-refractivity contribution is 7.84. The summed E-state index contributed by atoms with van der Waals surface area (Å²) in [7, 11) is -4.27. The maximum absolute atomic E-state index is 13.2. The molecule has 1 aliphatic heterocycles. The van der Waals surface area contributed by atoms with Gasteiger partial charge in [-0.15, -0.1) is 0 Å². The second-order valence-electron chi connectivity index (χ2n) is 5.46. The fourth-order valence-corrected chi connectivity index (χ4v) is 2.89. The molecule has 26 heavy (non-hydrogen) atoms. The molecule has 1 saturated heterocycles. The van der Waals surface area contributed by atoms with Crippen LogP contribution in [0.4, 0.5) is 19.0 Å². The molecule has 0 radical (unpaired) electrons. The lowest BCUT2D eigenvalue weighted by Crippen LogP contribution is -2.30. The van der Waals surface area contributed by atoms with Gasteiger partial charge in [-0.2, -0.15) is 26.7 Å². The Morgan fingerprint density at radius 3 is 2.73 bits per heavy atom. The Balaban J connectivity index is 1.95. The van der Waals surface area contributed by atoms with Gasteiger partial charge >= 0.3 is 16.5 Å². The van der Waals surface area contributed by atoms with Crippen LogP contribution < -0.4 is 10.9 Å². The van der Waals surface area contributed by atoms with Gasteiger partial charge in [-0.3, -0.25) is 4.18 Å². The number of halogens is 3. The largest absolute Gasteiger partial charge is 0.435 e. The van der Waals surface area contributed by atoms with E-state index < -0.39 is 58.4 Å². The van der Waals surface area contributed by atoms with E-state index in [-0.39, 0.29) is 12.1 Å². The van der Waals surface area contributed by atoms with E-state index in [9.17, 15) is 26.7 Å². The van der Waals surface area contributed by atoms with Crippen LogP contribution in [0.2, 0.25) is 0 Å². The van der Waals surface area contributed by atoms with E-state index in [4.69, 9.17) is 10.5 Å². The Kier molecular flexibility index (Phi) is 4.51. The number of rotatable bonds is 4. The lowest BCUT2D eigenvalue weighted by Gasteiger charge is -2.14. The average molecular weight is 398 g/mol. The molecule has 3 heterocycles. The number of aromatic nitrogens is 4. The van der Waals surface area contributed by atoms with Gasteiger partial charge < -0.3 is 15.6 Å². The maximum Gasteiger partial charge on any atom is 0.435 e. The van der Waals surface area contributed by atoms with Crippen LogP contribution in [-0.2, 0) is 25.4 Å². The lowest BCUT2D eigenvalue weighted by atomic mass is 10.2. The van der Waals surface area contributed by atoms with Crippen molar-refractivity contribution in [1.82, 2.24) is 19.7 Å². The first kappa shape index (κ1) is 18.7. The molecule has 2 aromatic heterocycles. The third-order valence-electron chi connectivity index (χ3n) is 3.66. The topological polar surface area (TPSA) is 168 Å². The number of aliphatic hydroxyl groups excluding tert-OH is 1. The Bertz CT molecular complexity index is 932. The first-order chi connectivity index (χ1) is 12.0. The van der Waals surface area contributed by atoms with Crippen LogP contribution in [0.1, 0.15) is 18.3 Å². The molecular formula is C11H13F3N6O5S. The molecule has 144 valence electrons. The van der Waals surface area contributed by atoms with Crippen LogP contribution in [0.25, 0.3) is 11.0 Å². The number of fused-ring (bicyclic) bond motifs is 1. The third kappa shape index (κ3) is 3.56. The predicted octanol–water partition coefficient (Wildman–Crippen LogP) is -0.704. The summed E-state index contributed by atoms with van der Waals surface area (Å²) in [6.45, 7) is -0.612. The number of nitrogens with two attached hydrogens (primary N) is 2. The molecule has 15 heteroatoms. The van der Waals surface area contributed by atoms with Gasteiger partial charge in [0.1, 0.15) is 18.2 Å². The highest BCUT2D eigenvalue weighted by Gasteiger charge is 2.42. The zero-order valence-electron chi connectivity index (χ0n) is 12.8. The standard InChI is InChI=1S/C11H13F3N6O5S/c12-11(13,14)8-7-9(15)17-3-18-10(7)20(19-8)6-1-4(21)5(25-6)2-24-26(16,22)23/h3-6,21H,1-2H2,(H2,15,17,18)(H2,16,22,23)/t4-,5+,6+/m0/s1. The number of anilines is 1. The summed E-state index contributed by atoms with van der Waals surface area (Å²) < 4.78 is 71.8. The second-order valence-corrected chi connectivity index (χ2v) is 6.68. The van der Waals surface area contributed by atoms with E-state index in [1.165, 1.54) is 0 Å². The smallest absolute Gasteiger partial charge is 0.390 e.